The Morgan fingerprint density at radius 3 is 2.78 bits per heavy atom. The maximum absolute atomic E-state index is 12.7. The molecule has 5 N–H and O–H groups in total. The number of nitrogens with one attached hydrogen (secondary N) is 3. The minimum atomic E-state index is -0.750. The number of nitrogen functional groups attached to an aromatic ring is 1. The first-order chi connectivity index (χ1) is 10.7. The number of carbonyl (C=O) groups excluding carboxylic acids is 1. The molecule has 1 saturated carbocycles. The van der Waals surface area contributed by atoms with Crippen LogP contribution in [0.3, 0.4) is 0 Å². The van der Waals surface area contributed by atoms with Crippen LogP contribution in [0.1, 0.15) is 31.9 Å². The average Bonchev–Trinajstić information content (AvgIpc) is 2.87. The first kappa shape index (κ1) is 16.0. The number of piperidine rings is 1. The number of anilines is 1. The maximum Gasteiger partial charge on any atom is 0.224 e. The van der Waals surface area contributed by atoms with Crippen LogP contribution in [0.2, 0.25) is 0 Å². The number of rotatable bonds is 4. The van der Waals surface area contributed by atoms with Crippen molar-refractivity contribution in [3.8, 4) is 0 Å². The number of carbonyl (C=O) groups is 1. The lowest BCUT2D eigenvalue weighted by Crippen LogP contribution is -2.51. The third-order valence-corrected chi connectivity index (χ3v) is 5.66. The van der Waals surface area contributed by atoms with Crippen LogP contribution in [0.4, 0.5) is 5.69 Å². The molecule has 1 aliphatic heterocycles. The molecule has 3 atom stereocenters. The van der Waals surface area contributed by atoms with E-state index in [-0.39, 0.29) is 17.2 Å². The molecule has 0 radical (unpaired) electrons. The molecule has 0 aromatic heterocycles. The van der Waals surface area contributed by atoms with Crippen molar-refractivity contribution >= 4 is 17.3 Å². The summed E-state index contributed by atoms with van der Waals surface area (Å²) in [6.45, 7) is 9.65. The van der Waals surface area contributed by atoms with Gasteiger partial charge in [-0.05, 0) is 44.2 Å². The third kappa shape index (κ3) is 2.43. The van der Waals surface area contributed by atoms with Crippen LogP contribution < -0.4 is 16.4 Å². The van der Waals surface area contributed by atoms with E-state index >= 15 is 0 Å². The summed E-state index contributed by atoms with van der Waals surface area (Å²) in [5, 5.41) is 14.9. The van der Waals surface area contributed by atoms with Crippen LogP contribution in [0.25, 0.3) is 0 Å². The Bertz CT molecular complexity index is 682. The summed E-state index contributed by atoms with van der Waals surface area (Å²) >= 11 is 0. The van der Waals surface area contributed by atoms with E-state index in [1.165, 1.54) is 0 Å². The molecule has 1 heterocycles. The quantitative estimate of drug-likeness (QED) is 0.503. The summed E-state index contributed by atoms with van der Waals surface area (Å²) in [5.41, 5.74) is 8.06. The van der Waals surface area contributed by atoms with Crippen LogP contribution in [0.5, 0.6) is 0 Å². The maximum atomic E-state index is 12.7. The second kappa shape index (κ2) is 5.06. The van der Waals surface area contributed by atoms with E-state index in [1.807, 2.05) is 39.0 Å². The lowest BCUT2D eigenvalue weighted by molar-refractivity contribution is -0.124. The number of fused-ring (bicyclic) bond motifs is 1. The molecule has 23 heavy (non-hydrogen) atoms. The Morgan fingerprint density at radius 2 is 2.17 bits per heavy atom. The van der Waals surface area contributed by atoms with Gasteiger partial charge in [-0.15, -0.1) is 0 Å². The Kier molecular flexibility index (Phi) is 3.52. The molecule has 124 valence electrons. The van der Waals surface area contributed by atoms with Crippen LogP contribution in [0, 0.1) is 29.6 Å². The fourth-order valence-electron chi connectivity index (χ4n) is 3.92. The van der Waals surface area contributed by atoms with Gasteiger partial charge < -0.3 is 21.8 Å². The molecule has 2 aliphatic rings. The highest BCUT2D eigenvalue weighted by atomic mass is 16.2. The number of hydrogen-bond donors (Lipinski definition) is 4. The number of amides is 1. The van der Waals surface area contributed by atoms with Gasteiger partial charge in [0.15, 0.2) is 0 Å². The minimum absolute atomic E-state index is 0.0555. The van der Waals surface area contributed by atoms with Gasteiger partial charge in [-0.1, -0.05) is 25.1 Å². The minimum Gasteiger partial charge on any atom is -0.398 e. The molecule has 5 heteroatoms. The van der Waals surface area contributed by atoms with Gasteiger partial charge in [-0.2, -0.15) is 0 Å². The largest absolute Gasteiger partial charge is 0.398 e. The summed E-state index contributed by atoms with van der Waals surface area (Å²) in [6.07, 6.45) is 0. The van der Waals surface area contributed by atoms with Gasteiger partial charge in [-0.3, -0.25) is 4.79 Å². The molecule has 3 rings (SSSR count). The number of benzene rings is 1. The highest BCUT2D eigenvalue weighted by Gasteiger charge is 2.67. The molecule has 0 spiro atoms. The second-order valence-corrected chi connectivity index (χ2v) is 7.75. The van der Waals surface area contributed by atoms with Crippen molar-refractivity contribution < 1.29 is 4.79 Å². The molecule has 3 unspecified atom stereocenters. The Hall–Kier alpha value is -1.88. The fourth-order valence-corrected chi connectivity index (χ4v) is 3.92. The number of para-hydroxylation sites is 1. The van der Waals surface area contributed by atoms with Gasteiger partial charge in [-0.25, -0.2) is 0 Å². The van der Waals surface area contributed by atoms with E-state index < -0.39 is 5.54 Å². The average molecular weight is 314 g/mol. The lowest BCUT2D eigenvalue weighted by Gasteiger charge is -2.29. The third-order valence-electron chi connectivity index (χ3n) is 5.66. The summed E-state index contributed by atoms with van der Waals surface area (Å²) in [6, 6.07) is 5.66. The number of hydrogen-bond acceptors (Lipinski definition) is 4. The molecule has 1 saturated heterocycles. The molecule has 0 bridgehead atoms. The van der Waals surface area contributed by atoms with Gasteiger partial charge in [0.2, 0.25) is 5.91 Å². The predicted molar refractivity (Wildman–Crippen MR) is 92.6 cm³/mol. The van der Waals surface area contributed by atoms with Crippen molar-refractivity contribution in [1.29, 1.82) is 5.41 Å². The van der Waals surface area contributed by atoms with Crippen LogP contribution in [0.15, 0.2) is 18.2 Å². The van der Waals surface area contributed by atoms with Gasteiger partial charge in [0.25, 0.3) is 0 Å². The van der Waals surface area contributed by atoms with Gasteiger partial charge in [0.05, 0.1) is 11.3 Å². The molecule has 1 amide bonds. The van der Waals surface area contributed by atoms with Crippen LogP contribution in [-0.4, -0.2) is 30.2 Å². The SMILES string of the molecule is Cc1cccc(C(=N)C(C)(C)NC(=O)C2C3CNCC32C)c1N. The smallest absolute Gasteiger partial charge is 0.224 e. The summed E-state index contributed by atoms with van der Waals surface area (Å²) < 4.78 is 0. The Balaban J connectivity index is 1.75. The van der Waals surface area contributed by atoms with Crippen LogP contribution >= 0.6 is 0 Å². The van der Waals surface area contributed by atoms with E-state index in [9.17, 15) is 4.79 Å². The summed E-state index contributed by atoms with van der Waals surface area (Å²) in [5.74, 6) is 0.544. The first-order valence-corrected chi connectivity index (χ1v) is 8.16. The zero-order valence-corrected chi connectivity index (χ0v) is 14.3. The van der Waals surface area contributed by atoms with Crippen molar-refractivity contribution in [2.24, 2.45) is 17.3 Å². The van der Waals surface area contributed by atoms with Crippen LogP contribution in [-0.2, 0) is 4.79 Å². The Labute approximate surface area is 137 Å². The molecular formula is C18H26N4O. The molecule has 5 nitrogen and oxygen atoms in total. The first-order valence-electron chi connectivity index (χ1n) is 8.16. The molecule has 1 aliphatic carbocycles. The van der Waals surface area contributed by atoms with Gasteiger partial charge >= 0.3 is 0 Å². The second-order valence-electron chi connectivity index (χ2n) is 7.75. The molecule has 2 fully saturated rings. The van der Waals surface area contributed by atoms with E-state index in [0.29, 0.717) is 22.9 Å². The highest BCUT2D eigenvalue weighted by Crippen LogP contribution is 2.60. The topological polar surface area (TPSA) is 91.0 Å². The van der Waals surface area contributed by atoms with E-state index in [0.717, 1.165) is 18.7 Å². The number of nitrogens with two attached hydrogens (primary N) is 1. The summed E-state index contributed by atoms with van der Waals surface area (Å²) in [4.78, 5) is 12.7. The number of aryl methyl sites for hydroxylation is 1. The van der Waals surface area contributed by atoms with Crippen molar-refractivity contribution in [3.63, 3.8) is 0 Å². The normalized spacial score (nSPS) is 29.0. The van der Waals surface area contributed by atoms with Gasteiger partial charge in [0.1, 0.15) is 0 Å². The monoisotopic (exact) mass is 314 g/mol. The van der Waals surface area contributed by atoms with Crippen molar-refractivity contribution in [1.82, 2.24) is 10.6 Å². The fraction of sp³-hybridized carbons (Fsp3) is 0.556. The zero-order chi connectivity index (χ0) is 17.0. The van der Waals surface area contributed by atoms with Crippen molar-refractivity contribution in [2.45, 2.75) is 33.2 Å². The molecule has 1 aromatic rings. The van der Waals surface area contributed by atoms with E-state index in [2.05, 4.69) is 17.6 Å². The highest BCUT2D eigenvalue weighted by molar-refractivity contribution is 6.10. The molecule has 1 aromatic carbocycles. The Morgan fingerprint density at radius 1 is 1.48 bits per heavy atom. The predicted octanol–water partition coefficient (Wildman–Crippen LogP) is 1.70. The zero-order valence-electron chi connectivity index (χ0n) is 14.3. The standard InChI is InChI=1S/C18H26N4O/c1-10-6-5-7-11(14(10)19)15(20)17(2,3)22-16(23)13-12-8-21-9-18(12,13)4/h5-7,12-13,20-21H,8-9,19H2,1-4H3,(H,22,23). The summed E-state index contributed by atoms with van der Waals surface area (Å²) in [7, 11) is 0. The van der Waals surface area contributed by atoms with E-state index in [4.69, 9.17) is 11.1 Å². The van der Waals surface area contributed by atoms with Gasteiger partial charge in [0, 0.05) is 23.7 Å². The lowest BCUT2D eigenvalue weighted by atomic mass is 9.89. The van der Waals surface area contributed by atoms with Crippen molar-refractivity contribution in [2.75, 3.05) is 18.8 Å². The molecular weight excluding hydrogens is 288 g/mol. The van der Waals surface area contributed by atoms with E-state index in [1.54, 1.807) is 0 Å². The van der Waals surface area contributed by atoms with Crippen molar-refractivity contribution in [3.05, 3.63) is 29.3 Å².